The highest BCUT2D eigenvalue weighted by atomic mass is 35.5. The van der Waals surface area contributed by atoms with E-state index >= 15 is 0 Å². The first kappa shape index (κ1) is 16.9. The first-order valence-electron chi connectivity index (χ1n) is 7.48. The minimum absolute atomic E-state index is 0.264. The van der Waals surface area contributed by atoms with Crippen molar-refractivity contribution in [3.05, 3.63) is 23.2 Å². The number of hydrogen-bond acceptors (Lipinski definition) is 3. The quantitative estimate of drug-likeness (QED) is 0.596. The molecule has 0 heterocycles. The number of hydrogen-bond donors (Lipinski definition) is 2. The van der Waals surface area contributed by atoms with Crippen molar-refractivity contribution in [2.24, 2.45) is 16.1 Å². The van der Waals surface area contributed by atoms with Gasteiger partial charge in [0.25, 0.3) is 0 Å². The van der Waals surface area contributed by atoms with Gasteiger partial charge in [0.2, 0.25) is 0 Å². The second kappa shape index (κ2) is 7.70. The van der Waals surface area contributed by atoms with Gasteiger partial charge in [-0.1, -0.05) is 18.0 Å². The summed E-state index contributed by atoms with van der Waals surface area (Å²) in [7, 11) is 3.32. The van der Waals surface area contributed by atoms with Crippen LogP contribution in [-0.2, 0) is 4.74 Å². The van der Waals surface area contributed by atoms with E-state index < -0.39 is 0 Å². The van der Waals surface area contributed by atoms with Crippen molar-refractivity contribution in [1.29, 1.82) is 0 Å². The van der Waals surface area contributed by atoms with Gasteiger partial charge >= 0.3 is 0 Å². The maximum absolute atomic E-state index is 6.09. The molecule has 0 radical (unpaired) electrons. The van der Waals surface area contributed by atoms with E-state index in [-0.39, 0.29) is 5.41 Å². The molecule has 1 aromatic carbocycles. The van der Waals surface area contributed by atoms with E-state index in [0.29, 0.717) is 16.7 Å². The molecule has 6 heteroatoms. The zero-order valence-corrected chi connectivity index (χ0v) is 13.9. The Labute approximate surface area is 136 Å². The van der Waals surface area contributed by atoms with Crippen LogP contribution < -0.4 is 15.8 Å². The molecule has 2 rings (SSSR count). The van der Waals surface area contributed by atoms with Crippen molar-refractivity contribution in [2.45, 2.75) is 25.7 Å². The van der Waals surface area contributed by atoms with Gasteiger partial charge < -0.3 is 20.5 Å². The van der Waals surface area contributed by atoms with Gasteiger partial charge in [-0.15, -0.1) is 0 Å². The van der Waals surface area contributed by atoms with Crippen LogP contribution in [0.15, 0.2) is 23.2 Å². The molecule has 1 saturated carbocycles. The van der Waals surface area contributed by atoms with E-state index in [0.717, 1.165) is 25.3 Å². The van der Waals surface area contributed by atoms with Crippen molar-refractivity contribution in [3.8, 4) is 5.75 Å². The van der Waals surface area contributed by atoms with E-state index in [9.17, 15) is 0 Å². The molecule has 0 aliphatic heterocycles. The average molecular weight is 326 g/mol. The van der Waals surface area contributed by atoms with Crippen molar-refractivity contribution in [1.82, 2.24) is 0 Å². The van der Waals surface area contributed by atoms with Crippen LogP contribution in [0.4, 0.5) is 5.69 Å². The van der Waals surface area contributed by atoms with Crippen LogP contribution in [0.1, 0.15) is 25.7 Å². The molecule has 22 heavy (non-hydrogen) atoms. The molecule has 5 nitrogen and oxygen atoms in total. The minimum atomic E-state index is 0.264. The van der Waals surface area contributed by atoms with Gasteiger partial charge in [-0.2, -0.15) is 0 Å². The third-order valence-electron chi connectivity index (χ3n) is 4.26. The molecule has 0 bridgehead atoms. The number of methoxy groups -OCH3 is 2. The van der Waals surface area contributed by atoms with Gasteiger partial charge in [-0.05, 0) is 42.9 Å². The summed E-state index contributed by atoms with van der Waals surface area (Å²) in [5.74, 6) is 1.04. The van der Waals surface area contributed by atoms with Crippen LogP contribution >= 0.6 is 11.6 Å². The zero-order chi connectivity index (χ0) is 16.0. The zero-order valence-electron chi connectivity index (χ0n) is 13.2. The lowest BCUT2D eigenvalue weighted by atomic mass is 9.67. The normalized spacial score (nSPS) is 17.0. The summed E-state index contributed by atoms with van der Waals surface area (Å²) < 4.78 is 10.3. The number of rotatable bonds is 7. The molecule has 0 saturated heterocycles. The standard InChI is InChI=1S/C16H24ClN3O2/c1-21-9-8-16(6-3-7-16)11-19-15(18)20-12-4-5-14(22-2)13(17)10-12/h4-5,10H,3,6-9,11H2,1-2H3,(H3,18,19,20). The van der Waals surface area contributed by atoms with Crippen LogP contribution in [-0.4, -0.2) is 33.3 Å². The molecule has 0 atom stereocenters. The topological polar surface area (TPSA) is 68.9 Å². The molecule has 0 unspecified atom stereocenters. The molecule has 1 fully saturated rings. The third kappa shape index (κ3) is 4.27. The van der Waals surface area contributed by atoms with Crippen molar-refractivity contribution < 1.29 is 9.47 Å². The van der Waals surface area contributed by atoms with Crippen LogP contribution in [0.2, 0.25) is 5.02 Å². The van der Waals surface area contributed by atoms with Gasteiger partial charge in [0.15, 0.2) is 5.96 Å². The summed E-state index contributed by atoms with van der Waals surface area (Å²) in [6.07, 6.45) is 4.69. The lowest BCUT2D eigenvalue weighted by molar-refractivity contribution is 0.0780. The highest BCUT2D eigenvalue weighted by molar-refractivity contribution is 6.32. The van der Waals surface area contributed by atoms with E-state index in [1.54, 1.807) is 26.4 Å². The lowest BCUT2D eigenvalue weighted by Gasteiger charge is -2.40. The molecule has 1 aliphatic rings. The highest BCUT2D eigenvalue weighted by Gasteiger charge is 2.36. The van der Waals surface area contributed by atoms with E-state index in [2.05, 4.69) is 10.3 Å². The Morgan fingerprint density at radius 1 is 1.41 bits per heavy atom. The van der Waals surface area contributed by atoms with Crippen LogP contribution in [0.5, 0.6) is 5.75 Å². The van der Waals surface area contributed by atoms with E-state index in [4.69, 9.17) is 26.8 Å². The van der Waals surface area contributed by atoms with Gasteiger partial charge in [0.05, 0.1) is 12.1 Å². The van der Waals surface area contributed by atoms with Crippen LogP contribution in [0.3, 0.4) is 0 Å². The van der Waals surface area contributed by atoms with Gasteiger partial charge in [0.1, 0.15) is 5.75 Å². The number of guanidine groups is 1. The monoisotopic (exact) mass is 325 g/mol. The van der Waals surface area contributed by atoms with Crippen LogP contribution in [0.25, 0.3) is 0 Å². The van der Waals surface area contributed by atoms with E-state index in [1.165, 1.54) is 19.3 Å². The molecule has 3 N–H and O–H groups in total. The third-order valence-corrected chi connectivity index (χ3v) is 4.56. The number of anilines is 1. The lowest BCUT2D eigenvalue weighted by Crippen LogP contribution is -2.35. The Hall–Kier alpha value is -1.46. The molecule has 0 aromatic heterocycles. The second-order valence-corrected chi connectivity index (χ2v) is 6.18. The van der Waals surface area contributed by atoms with Gasteiger partial charge in [-0.25, -0.2) is 0 Å². The SMILES string of the molecule is COCCC1(CN=C(N)Nc2ccc(OC)c(Cl)c2)CCC1. The number of aliphatic imine (C=N–C) groups is 1. The minimum Gasteiger partial charge on any atom is -0.495 e. The first-order valence-corrected chi connectivity index (χ1v) is 7.86. The smallest absolute Gasteiger partial charge is 0.193 e. The number of halogens is 1. The molecule has 0 amide bonds. The largest absolute Gasteiger partial charge is 0.495 e. The van der Waals surface area contributed by atoms with Crippen LogP contribution in [0, 0.1) is 5.41 Å². The number of nitrogens with two attached hydrogens (primary N) is 1. The predicted molar refractivity (Wildman–Crippen MR) is 90.9 cm³/mol. The Balaban J connectivity index is 1.93. The maximum atomic E-state index is 6.09. The van der Waals surface area contributed by atoms with Crippen molar-refractivity contribution >= 4 is 23.2 Å². The fraction of sp³-hybridized carbons (Fsp3) is 0.562. The Morgan fingerprint density at radius 2 is 2.18 bits per heavy atom. The average Bonchev–Trinajstić information content (AvgIpc) is 2.46. The van der Waals surface area contributed by atoms with Crippen molar-refractivity contribution in [3.63, 3.8) is 0 Å². The fourth-order valence-electron chi connectivity index (χ4n) is 2.67. The molecular formula is C16H24ClN3O2. The summed E-state index contributed by atoms with van der Waals surface area (Å²) >= 11 is 6.09. The Bertz CT molecular complexity index is 530. The summed E-state index contributed by atoms with van der Waals surface area (Å²) in [5, 5.41) is 3.61. The predicted octanol–water partition coefficient (Wildman–Crippen LogP) is 3.28. The molecule has 1 aromatic rings. The van der Waals surface area contributed by atoms with Gasteiger partial charge in [0, 0.05) is 25.9 Å². The summed E-state index contributed by atoms with van der Waals surface area (Å²) in [4.78, 5) is 4.49. The molecule has 122 valence electrons. The first-order chi connectivity index (χ1) is 10.6. The van der Waals surface area contributed by atoms with Gasteiger partial charge in [-0.3, -0.25) is 4.99 Å². The summed E-state index contributed by atoms with van der Waals surface area (Å²) in [6.45, 7) is 1.51. The summed E-state index contributed by atoms with van der Waals surface area (Å²) in [5.41, 5.74) is 7.04. The number of ether oxygens (including phenoxy) is 2. The molecular weight excluding hydrogens is 302 g/mol. The van der Waals surface area contributed by atoms with E-state index in [1.807, 2.05) is 6.07 Å². The Morgan fingerprint density at radius 3 is 2.73 bits per heavy atom. The molecule has 0 spiro atoms. The highest BCUT2D eigenvalue weighted by Crippen LogP contribution is 2.44. The maximum Gasteiger partial charge on any atom is 0.193 e. The van der Waals surface area contributed by atoms with Crippen molar-refractivity contribution in [2.75, 3.05) is 32.7 Å². The Kier molecular flexibility index (Phi) is 5.91. The number of nitrogens with one attached hydrogen (secondary N) is 1. The second-order valence-electron chi connectivity index (χ2n) is 5.77. The fourth-order valence-corrected chi connectivity index (χ4v) is 2.92. The number of nitrogens with zero attached hydrogens (tertiary/aromatic N) is 1. The molecule has 1 aliphatic carbocycles. The summed E-state index contributed by atoms with van der Waals surface area (Å²) in [6, 6.07) is 5.42. The number of benzene rings is 1.